The summed E-state index contributed by atoms with van der Waals surface area (Å²) in [5.41, 5.74) is 1.34. The zero-order valence-electron chi connectivity index (χ0n) is 10.3. The number of carbonyl (C=O) groups is 1. The molecule has 0 saturated carbocycles. The molecule has 94 valence electrons. The number of amides is 1. The Kier molecular flexibility index (Phi) is 5.25. The Morgan fingerprint density at radius 2 is 2.24 bits per heavy atom. The maximum absolute atomic E-state index is 12.2. The number of halogens is 1. The van der Waals surface area contributed by atoms with Gasteiger partial charge in [0.1, 0.15) is 0 Å². The van der Waals surface area contributed by atoms with Crippen molar-refractivity contribution in [2.45, 2.75) is 0 Å². The van der Waals surface area contributed by atoms with Gasteiger partial charge in [0.15, 0.2) is 0 Å². The summed E-state index contributed by atoms with van der Waals surface area (Å²) in [6, 6.07) is 5.21. The lowest BCUT2D eigenvalue weighted by Gasteiger charge is -2.18. The van der Waals surface area contributed by atoms with E-state index < -0.39 is 0 Å². The molecule has 0 aromatic heterocycles. The average molecular weight is 257 g/mol. The molecule has 0 bridgehead atoms. The van der Waals surface area contributed by atoms with Crippen molar-refractivity contribution in [3.63, 3.8) is 0 Å². The maximum atomic E-state index is 12.2. The van der Waals surface area contributed by atoms with Gasteiger partial charge in [-0.25, -0.2) is 0 Å². The smallest absolute Gasteiger partial charge is 0.255 e. The van der Waals surface area contributed by atoms with Crippen LogP contribution in [0.2, 0.25) is 5.02 Å². The Labute approximate surface area is 107 Å². The van der Waals surface area contributed by atoms with Crippen LogP contribution in [0.1, 0.15) is 10.4 Å². The first-order chi connectivity index (χ1) is 8.10. The van der Waals surface area contributed by atoms with E-state index in [2.05, 4.69) is 5.32 Å². The van der Waals surface area contributed by atoms with Gasteiger partial charge in [-0.1, -0.05) is 11.6 Å². The lowest BCUT2D eigenvalue weighted by Crippen LogP contribution is -2.30. The molecule has 5 heteroatoms. The zero-order chi connectivity index (χ0) is 12.8. The summed E-state index contributed by atoms with van der Waals surface area (Å²) >= 11 is 5.90. The SMILES string of the molecule is CNc1ccc(Cl)cc1C(=O)N(C)CCOC. The minimum Gasteiger partial charge on any atom is -0.387 e. The number of nitrogens with one attached hydrogen (secondary N) is 1. The summed E-state index contributed by atoms with van der Waals surface area (Å²) in [5, 5.41) is 3.53. The number of ether oxygens (including phenoxy) is 1. The third-order valence-corrected chi connectivity index (χ3v) is 2.69. The molecule has 0 aliphatic rings. The van der Waals surface area contributed by atoms with Crippen molar-refractivity contribution in [2.24, 2.45) is 0 Å². The van der Waals surface area contributed by atoms with Crippen LogP contribution in [-0.2, 0) is 4.74 Å². The first-order valence-electron chi connectivity index (χ1n) is 5.32. The van der Waals surface area contributed by atoms with Crippen molar-refractivity contribution >= 4 is 23.2 Å². The summed E-state index contributed by atoms with van der Waals surface area (Å²) in [6.45, 7) is 1.06. The predicted octanol–water partition coefficient (Wildman–Crippen LogP) is 2.10. The van der Waals surface area contributed by atoms with Gasteiger partial charge in [0, 0.05) is 38.5 Å². The highest BCUT2D eigenvalue weighted by Crippen LogP contribution is 2.21. The van der Waals surface area contributed by atoms with Gasteiger partial charge in [-0.05, 0) is 18.2 Å². The van der Waals surface area contributed by atoms with Crippen LogP contribution in [0.3, 0.4) is 0 Å². The fourth-order valence-electron chi connectivity index (χ4n) is 1.45. The Hall–Kier alpha value is -1.26. The first-order valence-corrected chi connectivity index (χ1v) is 5.69. The van der Waals surface area contributed by atoms with Crippen molar-refractivity contribution in [3.05, 3.63) is 28.8 Å². The van der Waals surface area contributed by atoms with Crippen LogP contribution in [0.4, 0.5) is 5.69 Å². The standard InChI is InChI=1S/C12H17ClN2O2/c1-14-11-5-4-9(13)8-10(11)12(16)15(2)6-7-17-3/h4-5,8,14H,6-7H2,1-3H3. The van der Waals surface area contributed by atoms with Crippen molar-refractivity contribution in [3.8, 4) is 0 Å². The highest BCUT2D eigenvalue weighted by atomic mass is 35.5. The van der Waals surface area contributed by atoms with Gasteiger partial charge in [0.2, 0.25) is 0 Å². The molecule has 1 N–H and O–H groups in total. The van der Waals surface area contributed by atoms with Crippen LogP contribution < -0.4 is 5.32 Å². The number of anilines is 1. The van der Waals surface area contributed by atoms with E-state index in [1.807, 2.05) is 0 Å². The van der Waals surface area contributed by atoms with Gasteiger partial charge < -0.3 is 15.0 Å². The minimum atomic E-state index is -0.0751. The Balaban J connectivity index is 2.90. The minimum absolute atomic E-state index is 0.0751. The molecule has 0 saturated heterocycles. The molecule has 0 atom stereocenters. The van der Waals surface area contributed by atoms with E-state index in [1.165, 1.54) is 0 Å². The van der Waals surface area contributed by atoms with E-state index in [0.29, 0.717) is 23.7 Å². The quantitative estimate of drug-likeness (QED) is 0.877. The van der Waals surface area contributed by atoms with Gasteiger partial charge in [-0.15, -0.1) is 0 Å². The third kappa shape index (κ3) is 3.61. The molecule has 0 spiro atoms. The maximum Gasteiger partial charge on any atom is 0.255 e. The van der Waals surface area contributed by atoms with Crippen molar-refractivity contribution in [1.29, 1.82) is 0 Å². The van der Waals surface area contributed by atoms with Crippen LogP contribution in [-0.4, -0.2) is 45.2 Å². The van der Waals surface area contributed by atoms with Crippen molar-refractivity contribution in [1.82, 2.24) is 4.90 Å². The number of hydrogen-bond donors (Lipinski definition) is 1. The molecule has 0 aliphatic carbocycles. The highest BCUT2D eigenvalue weighted by molar-refractivity contribution is 6.31. The Morgan fingerprint density at radius 3 is 2.82 bits per heavy atom. The molecule has 0 fully saturated rings. The molecule has 1 amide bonds. The second-order valence-corrected chi connectivity index (χ2v) is 4.10. The summed E-state index contributed by atoms with van der Waals surface area (Å²) in [5.74, 6) is -0.0751. The molecule has 0 radical (unpaired) electrons. The number of rotatable bonds is 5. The van der Waals surface area contributed by atoms with E-state index in [1.54, 1.807) is 44.3 Å². The van der Waals surface area contributed by atoms with Gasteiger partial charge >= 0.3 is 0 Å². The fraction of sp³-hybridized carbons (Fsp3) is 0.417. The number of nitrogens with zero attached hydrogens (tertiary/aromatic N) is 1. The van der Waals surface area contributed by atoms with E-state index in [0.717, 1.165) is 5.69 Å². The van der Waals surface area contributed by atoms with E-state index in [4.69, 9.17) is 16.3 Å². The topological polar surface area (TPSA) is 41.6 Å². The molecule has 1 aromatic carbocycles. The number of carbonyl (C=O) groups excluding carboxylic acids is 1. The largest absolute Gasteiger partial charge is 0.387 e. The monoisotopic (exact) mass is 256 g/mol. The predicted molar refractivity (Wildman–Crippen MR) is 69.8 cm³/mol. The molecular formula is C12H17ClN2O2. The van der Waals surface area contributed by atoms with Crippen molar-refractivity contribution in [2.75, 3.05) is 39.7 Å². The van der Waals surface area contributed by atoms with E-state index >= 15 is 0 Å². The number of likely N-dealkylation sites (N-methyl/N-ethyl adjacent to an activating group) is 1. The zero-order valence-corrected chi connectivity index (χ0v) is 11.0. The van der Waals surface area contributed by atoms with Crippen LogP contribution in [0.5, 0.6) is 0 Å². The number of methoxy groups -OCH3 is 1. The number of benzene rings is 1. The van der Waals surface area contributed by atoms with Crippen LogP contribution in [0.25, 0.3) is 0 Å². The second-order valence-electron chi connectivity index (χ2n) is 3.66. The molecule has 0 heterocycles. The third-order valence-electron chi connectivity index (χ3n) is 2.46. The normalized spacial score (nSPS) is 10.1. The molecular weight excluding hydrogens is 240 g/mol. The van der Waals surface area contributed by atoms with Gasteiger partial charge in [0.05, 0.1) is 12.2 Å². The number of hydrogen-bond acceptors (Lipinski definition) is 3. The van der Waals surface area contributed by atoms with E-state index in [-0.39, 0.29) is 5.91 Å². The van der Waals surface area contributed by atoms with Crippen LogP contribution in [0.15, 0.2) is 18.2 Å². The Bertz CT molecular complexity index is 396. The molecule has 1 rings (SSSR count). The lowest BCUT2D eigenvalue weighted by molar-refractivity contribution is 0.0745. The van der Waals surface area contributed by atoms with Gasteiger partial charge in [0.25, 0.3) is 5.91 Å². The van der Waals surface area contributed by atoms with Crippen molar-refractivity contribution < 1.29 is 9.53 Å². The first kappa shape index (κ1) is 13.8. The molecule has 0 aliphatic heterocycles. The van der Waals surface area contributed by atoms with Gasteiger partial charge in [-0.3, -0.25) is 4.79 Å². The molecule has 17 heavy (non-hydrogen) atoms. The molecule has 4 nitrogen and oxygen atoms in total. The molecule has 0 unspecified atom stereocenters. The average Bonchev–Trinajstić information content (AvgIpc) is 2.34. The summed E-state index contributed by atoms with van der Waals surface area (Å²) < 4.78 is 4.94. The van der Waals surface area contributed by atoms with Crippen LogP contribution in [0, 0.1) is 0 Å². The second kappa shape index (κ2) is 6.47. The highest BCUT2D eigenvalue weighted by Gasteiger charge is 2.15. The summed E-state index contributed by atoms with van der Waals surface area (Å²) in [7, 11) is 5.12. The summed E-state index contributed by atoms with van der Waals surface area (Å²) in [4.78, 5) is 13.8. The fourth-order valence-corrected chi connectivity index (χ4v) is 1.62. The van der Waals surface area contributed by atoms with Gasteiger partial charge in [-0.2, -0.15) is 0 Å². The summed E-state index contributed by atoms with van der Waals surface area (Å²) in [6.07, 6.45) is 0. The molecule has 1 aromatic rings. The van der Waals surface area contributed by atoms with E-state index in [9.17, 15) is 4.79 Å². The Morgan fingerprint density at radius 1 is 1.53 bits per heavy atom. The van der Waals surface area contributed by atoms with Crippen LogP contribution >= 0.6 is 11.6 Å². The lowest BCUT2D eigenvalue weighted by atomic mass is 10.1.